The molecule has 0 radical (unpaired) electrons. The summed E-state index contributed by atoms with van der Waals surface area (Å²) < 4.78 is 5.32. The van der Waals surface area contributed by atoms with Crippen LogP contribution in [0.3, 0.4) is 0 Å². The van der Waals surface area contributed by atoms with Gasteiger partial charge in [-0.05, 0) is 36.2 Å². The van der Waals surface area contributed by atoms with Gasteiger partial charge in [0.1, 0.15) is 5.75 Å². The molecule has 2 aromatic rings. The van der Waals surface area contributed by atoms with E-state index in [9.17, 15) is 0 Å². The lowest BCUT2D eigenvalue weighted by molar-refractivity contribution is 0.405. The molecule has 2 rings (SSSR count). The maximum Gasteiger partial charge on any atom is 0.132 e. The lowest BCUT2D eigenvalue weighted by Gasteiger charge is -2.07. The van der Waals surface area contributed by atoms with Gasteiger partial charge >= 0.3 is 0 Å². The predicted molar refractivity (Wildman–Crippen MR) is 71.7 cm³/mol. The van der Waals surface area contributed by atoms with Crippen LogP contribution in [0, 0.1) is 0 Å². The summed E-state index contributed by atoms with van der Waals surface area (Å²) in [4.78, 5) is 5.21. The number of methoxy groups -OCH3 is 1. The van der Waals surface area contributed by atoms with E-state index in [1.54, 1.807) is 7.11 Å². The van der Waals surface area contributed by atoms with Gasteiger partial charge in [0.15, 0.2) is 0 Å². The molecule has 88 valence electrons. The first kappa shape index (κ1) is 12.0. The molecule has 0 aliphatic rings. The fourth-order valence-electron chi connectivity index (χ4n) is 1.57. The van der Waals surface area contributed by atoms with Crippen LogP contribution in [0.2, 0.25) is 0 Å². The SMILES string of the molecule is COc1ccccc1SCCc1ccncc1. The van der Waals surface area contributed by atoms with E-state index in [-0.39, 0.29) is 0 Å². The van der Waals surface area contributed by atoms with Crippen molar-refractivity contribution in [3.05, 3.63) is 54.4 Å². The highest BCUT2D eigenvalue weighted by Crippen LogP contribution is 2.28. The van der Waals surface area contributed by atoms with E-state index < -0.39 is 0 Å². The zero-order valence-corrected chi connectivity index (χ0v) is 10.6. The molecule has 0 aliphatic carbocycles. The van der Waals surface area contributed by atoms with Gasteiger partial charge < -0.3 is 4.74 Å². The Hall–Kier alpha value is -1.48. The molecule has 0 amide bonds. The van der Waals surface area contributed by atoms with Crippen LogP contribution in [-0.4, -0.2) is 17.8 Å². The summed E-state index contributed by atoms with van der Waals surface area (Å²) in [5, 5.41) is 0. The second-order valence-electron chi connectivity index (χ2n) is 3.60. The van der Waals surface area contributed by atoms with E-state index in [1.807, 2.05) is 42.4 Å². The van der Waals surface area contributed by atoms with Gasteiger partial charge in [-0.2, -0.15) is 0 Å². The molecule has 0 saturated carbocycles. The molecule has 0 fully saturated rings. The highest BCUT2D eigenvalue weighted by molar-refractivity contribution is 7.99. The molecule has 0 aliphatic heterocycles. The van der Waals surface area contributed by atoms with Crippen LogP contribution < -0.4 is 4.74 Å². The molecule has 0 N–H and O–H groups in total. The molecule has 17 heavy (non-hydrogen) atoms. The van der Waals surface area contributed by atoms with Crippen LogP contribution in [-0.2, 0) is 6.42 Å². The van der Waals surface area contributed by atoms with Crippen molar-refractivity contribution in [3.8, 4) is 5.75 Å². The van der Waals surface area contributed by atoms with Crippen LogP contribution in [0.4, 0.5) is 0 Å². The zero-order valence-electron chi connectivity index (χ0n) is 9.80. The normalized spacial score (nSPS) is 10.2. The molecule has 0 bridgehead atoms. The van der Waals surface area contributed by atoms with Gasteiger partial charge in [-0.3, -0.25) is 4.98 Å². The summed E-state index contributed by atoms with van der Waals surface area (Å²) in [6.07, 6.45) is 4.72. The van der Waals surface area contributed by atoms with Crippen LogP contribution in [0.1, 0.15) is 5.56 Å². The van der Waals surface area contributed by atoms with E-state index in [4.69, 9.17) is 4.74 Å². The van der Waals surface area contributed by atoms with Gasteiger partial charge in [0.25, 0.3) is 0 Å². The number of benzene rings is 1. The smallest absolute Gasteiger partial charge is 0.132 e. The number of rotatable bonds is 5. The monoisotopic (exact) mass is 245 g/mol. The first-order valence-corrected chi connectivity index (χ1v) is 6.53. The van der Waals surface area contributed by atoms with Crippen molar-refractivity contribution >= 4 is 11.8 Å². The van der Waals surface area contributed by atoms with Crippen molar-refractivity contribution in [3.63, 3.8) is 0 Å². The summed E-state index contributed by atoms with van der Waals surface area (Å²) in [5.41, 5.74) is 1.32. The van der Waals surface area contributed by atoms with Crippen molar-refractivity contribution in [1.29, 1.82) is 0 Å². The third-order valence-electron chi connectivity index (χ3n) is 2.47. The standard InChI is InChI=1S/C14H15NOS/c1-16-13-4-2-3-5-14(13)17-11-8-12-6-9-15-10-7-12/h2-7,9-10H,8,11H2,1H3. The average Bonchev–Trinajstić information content (AvgIpc) is 2.40. The maximum absolute atomic E-state index is 5.32. The minimum absolute atomic E-state index is 0.951. The van der Waals surface area contributed by atoms with E-state index in [0.29, 0.717) is 0 Å². The molecular formula is C14H15NOS. The van der Waals surface area contributed by atoms with Crippen LogP contribution in [0.25, 0.3) is 0 Å². The first-order chi connectivity index (χ1) is 8.40. The Balaban J connectivity index is 1.90. The molecular weight excluding hydrogens is 230 g/mol. The van der Waals surface area contributed by atoms with Crippen molar-refractivity contribution < 1.29 is 4.74 Å². The number of nitrogens with zero attached hydrogens (tertiary/aromatic N) is 1. The third-order valence-corrected chi connectivity index (χ3v) is 3.52. The number of hydrogen-bond donors (Lipinski definition) is 0. The third kappa shape index (κ3) is 3.49. The molecule has 3 heteroatoms. The summed E-state index contributed by atoms with van der Waals surface area (Å²) in [6, 6.07) is 12.2. The van der Waals surface area contributed by atoms with Gasteiger partial charge in [-0.15, -0.1) is 11.8 Å². The molecule has 1 aromatic carbocycles. The Morgan fingerprint density at radius 1 is 1.12 bits per heavy atom. The fraction of sp³-hybridized carbons (Fsp3) is 0.214. The summed E-state index contributed by atoms with van der Waals surface area (Å²) >= 11 is 1.82. The number of para-hydroxylation sites is 1. The zero-order chi connectivity index (χ0) is 11.9. The highest BCUT2D eigenvalue weighted by atomic mass is 32.2. The van der Waals surface area contributed by atoms with Gasteiger partial charge in [0.05, 0.1) is 7.11 Å². The molecule has 0 spiro atoms. The largest absolute Gasteiger partial charge is 0.496 e. The number of ether oxygens (including phenoxy) is 1. The van der Waals surface area contributed by atoms with E-state index >= 15 is 0 Å². The molecule has 2 nitrogen and oxygen atoms in total. The maximum atomic E-state index is 5.32. The van der Waals surface area contributed by atoms with Gasteiger partial charge in [-0.1, -0.05) is 12.1 Å². The Labute approximate surface area is 106 Å². The summed E-state index contributed by atoms with van der Waals surface area (Å²) in [7, 11) is 1.71. The molecule has 0 unspecified atom stereocenters. The molecule has 0 saturated heterocycles. The molecule has 0 atom stereocenters. The molecule has 1 heterocycles. The van der Waals surface area contributed by atoms with Crippen molar-refractivity contribution in [2.24, 2.45) is 0 Å². The average molecular weight is 245 g/mol. The first-order valence-electron chi connectivity index (χ1n) is 5.55. The van der Waals surface area contributed by atoms with E-state index in [2.05, 4.69) is 23.2 Å². The number of aromatic nitrogens is 1. The quantitative estimate of drug-likeness (QED) is 0.753. The number of aryl methyl sites for hydroxylation is 1. The van der Waals surface area contributed by atoms with Gasteiger partial charge in [0, 0.05) is 23.0 Å². The minimum Gasteiger partial charge on any atom is -0.496 e. The molecule has 1 aromatic heterocycles. The Kier molecular flexibility index (Phi) is 4.45. The van der Waals surface area contributed by atoms with E-state index in [1.165, 1.54) is 10.5 Å². The number of pyridine rings is 1. The van der Waals surface area contributed by atoms with Gasteiger partial charge in [0.2, 0.25) is 0 Å². The van der Waals surface area contributed by atoms with Gasteiger partial charge in [-0.25, -0.2) is 0 Å². The Bertz CT molecular complexity index is 459. The van der Waals surface area contributed by atoms with Crippen LogP contribution in [0.15, 0.2) is 53.7 Å². The lowest BCUT2D eigenvalue weighted by atomic mass is 10.2. The number of hydrogen-bond acceptors (Lipinski definition) is 3. The van der Waals surface area contributed by atoms with Crippen molar-refractivity contribution in [1.82, 2.24) is 4.98 Å². The van der Waals surface area contributed by atoms with Crippen LogP contribution in [0.5, 0.6) is 5.75 Å². The minimum atomic E-state index is 0.951. The topological polar surface area (TPSA) is 22.1 Å². The van der Waals surface area contributed by atoms with Crippen molar-refractivity contribution in [2.75, 3.05) is 12.9 Å². The highest BCUT2D eigenvalue weighted by Gasteiger charge is 2.01. The Morgan fingerprint density at radius 2 is 1.88 bits per heavy atom. The second-order valence-corrected chi connectivity index (χ2v) is 4.74. The fourth-order valence-corrected chi connectivity index (χ4v) is 2.59. The summed E-state index contributed by atoms with van der Waals surface area (Å²) in [5.74, 6) is 2.00. The predicted octanol–water partition coefficient (Wildman–Crippen LogP) is 3.43. The second kappa shape index (κ2) is 6.30. The van der Waals surface area contributed by atoms with Crippen molar-refractivity contribution in [2.45, 2.75) is 11.3 Å². The van der Waals surface area contributed by atoms with E-state index in [0.717, 1.165) is 17.9 Å². The summed E-state index contributed by atoms with van der Waals surface area (Å²) in [6.45, 7) is 0. The lowest BCUT2D eigenvalue weighted by Crippen LogP contribution is -1.90. The Morgan fingerprint density at radius 3 is 2.65 bits per heavy atom. The van der Waals surface area contributed by atoms with Crippen LogP contribution >= 0.6 is 11.8 Å². The number of thioether (sulfide) groups is 1.